The topological polar surface area (TPSA) is 205 Å². The number of halogens is 1. The van der Waals surface area contributed by atoms with Crippen LogP contribution in [0.1, 0.15) is 76.4 Å². The lowest BCUT2D eigenvalue weighted by atomic mass is 10.0. The minimum Gasteiger partial charge on any atom is -0.504 e. The summed E-state index contributed by atoms with van der Waals surface area (Å²) in [5.41, 5.74) is 7.98. The van der Waals surface area contributed by atoms with E-state index in [0.717, 1.165) is 75.6 Å². The van der Waals surface area contributed by atoms with Crippen molar-refractivity contribution in [3.05, 3.63) is 251 Å². The second kappa shape index (κ2) is 27.8. The van der Waals surface area contributed by atoms with Gasteiger partial charge in [-0.25, -0.2) is 9.59 Å². The summed E-state index contributed by atoms with van der Waals surface area (Å²) in [5, 5.41) is 32.7. The lowest BCUT2D eigenvalue weighted by molar-refractivity contribution is -0.387. The minimum atomic E-state index is -1.06. The SMILES string of the molecule is COC(=O)c1ccc([N+](=O)[O-])c(F)c1.COC(=O)c1ccc([N+](=O)[O-])c(Oc2c(C)c(OCc3ccccc3)c(C)c(C)c2OCc2ccccc2)c1.Cc1c(C)c(OCc2ccccc2)c(O)c(C)c1OCc1ccccc1. The van der Waals surface area contributed by atoms with Gasteiger partial charge < -0.3 is 38.3 Å². The number of nitrogens with zero attached hydrogens (tertiary/aromatic N) is 2. The molecule has 0 spiro atoms. The summed E-state index contributed by atoms with van der Waals surface area (Å²) in [6, 6.07) is 46.0. The summed E-state index contributed by atoms with van der Waals surface area (Å²) in [7, 11) is 2.38. The maximum absolute atomic E-state index is 12.9. The molecule has 0 saturated carbocycles. The fourth-order valence-electron chi connectivity index (χ4n) is 7.97. The van der Waals surface area contributed by atoms with Gasteiger partial charge in [0.25, 0.3) is 0 Å². The molecule has 0 aliphatic carbocycles. The minimum absolute atomic E-state index is 0.0596. The van der Waals surface area contributed by atoms with Gasteiger partial charge in [-0.2, -0.15) is 4.39 Å². The number of carbonyl (C=O) groups is 2. The van der Waals surface area contributed by atoms with Gasteiger partial charge in [-0.05, 0) is 93.1 Å². The largest absolute Gasteiger partial charge is 0.504 e. The highest BCUT2D eigenvalue weighted by atomic mass is 19.1. The lowest BCUT2D eigenvalue weighted by Gasteiger charge is -2.22. The van der Waals surface area contributed by atoms with Crippen molar-refractivity contribution in [2.45, 2.75) is 68.0 Å². The van der Waals surface area contributed by atoms with Crippen molar-refractivity contribution < 1.29 is 62.1 Å². The average molecular weight is 1080 g/mol. The van der Waals surface area contributed by atoms with E-state index in [9.17, 15) is 39.3 Å². The average Bonchev–Trinajstić information content (AvgIpc) is 3.49. The molecule has 0 radical (unpaired) electrons. The molecule has 0 heterocycles. The van der Waals surface area contributed by atoms with Crippen LogP contribution in [0.4, 0.5) is 15.8 Å². The third-order valence-corrected chi connectivity index (χ3v) is 12.5. The zero-order chi connectivity index (χ0) is 57.2. The zero-order valence-electron chi connectivity index (χ0n) is 44.9. The summed E-state index contributed by atoms with van der Waals surface area (Å²) in [6.07, 6.45) is 0. The first-order valence-electron chi connectivity index (χ1n) is 24.6. The van der Waals surface area contributed by atoms with Gasteiger partial charge in [-0.15, -0.1) is 0 Å². The van der Waals surface area contributed by atoms with E-state index in [2.05, 4.69) is 4.74 Å². The summed E-state index contributed by atoms with van der Waals surface area (Å²) >= 11 is 0. The Morgan fingerprint density at radius 1 is 0.443 bits per heavy atom. The highest BCUT2D eigenvalue weighted by Crippen LogP contribution is 2.48. The third kappa shape index (κ3) is 15.2. The van der Waals surface area contributed by atoms with E-state index in [0.29, 0.717) is 48.2 Å². The molecule has 79 heavy (non-hydrogen) atoms. The van der Waals surface area contributed by atoms with Gasteiger partial charge in [0.1, 0.15) is 37.9 Å². The molecule has 0 atom stereocenters. The van der Waals surface area contributed by atoms with Crippen molar-refractivity contribution in [1.82, 2.24) is 0 Å². The summed E-state index contributed by atoms with van der Waals surface area (Å²) in [5.74, 6) is 0.119. The molecular formula is C62H59FN2O14. The van der Waals surface area contributed by atoms with E-state index in [-0.39, 0.29) is 40.7 Å². The van der Waals surface area contributed by atoms with Crippen molar-refractivity contribution >= 4 is 23.3 Å². The molecule has 16 nitrogen and oxygen atoms in total. The summed E-state index contributed by atoms with van der Waals surface area (Å²) in [4.78, 5) is 43.7. The maximum atomic E-state index is 12.9. The van der Waals surface area contributed by atoms with E-state index in [4.69, 9.17) is 28.4 Å². The van der Waals surface area contributed by atoms with Gasteiger partial charge in [-0.1, -0.05) is 121 Å². The Bertz CT molecular complexity index is 3310. The van der Waals surface area contributed by atoms with Crippen LogP contribution in [0.3, 0.4) is 0 Å². The molecule has 8 aromatic carbocycles. The van der Waals surface area contributed by atoms with Crippen LogP contribution >= 0.6 is 0 Å². The molecule has 1 N–H and O–H groups in total. The quantitative estimate of drug-likeness (QED) is 0.0482. The van der Waals surface area contributed by atoms with E-state index in [1.807, 2.05) is 163 Å². The Morgan fingerprint density at radius 2 is 0.785 bits per heavy atom. The fraction of sp³-hybridized carbons (Fsp3) is 0.194. The van der Waals surface area contributed by atoms with Crippen molar-refractivity contribution in [1.29, 1.82) is 0 Å². The van der Waals surface area contributed by atoms with E-state index in [1.54, 1.807) is 0 Å². The number of hydrogen-bond donors (Lipinski definition) is 1. The number of rotatable bonds is 18. The smallest absolute Gasteiger partial charge is 0.337 e. The number of phenolic OH excluding ortho intramolecular Hbond substituents is 1. The Balaban J connectivity index is 0.000000215. The number of hydrogen-bond acceptors (Lipinski definition) is 14. The van der Waals surface area contributed by atoms with Crippen LogP contribution in [-0.4, -0.2) is 41.1 Å². The van der Waals surface area contributed by atoms with E-state index in [1.165, 1.54) is 25.3 Å². The Hall–Kier alpha value is -9.77. The van der Waals surface area contributed by atoms with Gasteiger partial charge in [0.15, 0.2) is 23.0 Å². The predicted molar refractivity (Wildman–Crippen MR) is 295 cm³/mol. The predicted octanol–water partition coefficient (Wildman–Crippen LogP) is 14.3. The number of methoxy groups -OCH3 is 2. The maximum Gasteiger partial charge on any atom is 0.337 e. The first kappa shape index (κ1) is 58.5. The van der Waals surface area contributed by atoms with Crippen LogP contribution in [0.15, 0.2) is 158 Å². The number of carbonyl (C=O) groups excluding carboxylic acids is 2. The van der Waals surface area contributed by atoms with Crippen LogP contribution in [0.5, 0.6) is 40.2 Å². The van der Waals surface area contributed by atoms with Crippen LogP contribution < -0.4 is 23.7 Å². The Labute approximate surface area is 456 Å². The monoisotopic (exact) mass is 1070 g/mol. The molecule has 0 amide bonds. The summed E-state index contributed by atoms with van der Waals surface area (Å²) in [6.45, 7) is 12.9. The Kier molecular flexibility index (Phi) is 20.6. The molecule has 0 aliphatic heterocycles. The fourth-order valence-corrected chi connectivity index (χ4v) is 7.97. The molecule has 0 unspecified atom stereocenters. The van der Waals surface area contributed by atoms with Crippen molar-refractivity contribution in [3.8, 4) is 40.2 Å². The second-order valence-electron chi connectivity index (χ2n) is 17.8. The molecule has 0 aromatic heterocycles. The first-order chi connectivity index (χ1) is 37.9. The van der Waals surface area contributed by atoms with Gasteiger partial charge in [0.2, 0.25) is 11.6 Å². The number of nitro benzene ring substituents is 2. The molecule has 0 aliphatic rings. The molecular weight excluding hydrogens is 1020 g/mol. The standard InChI is InChI=1S/C31H29NO7.C23H24O3.C8H6FNO4/c1-20-21(2)29(38-19-24-13-9-6-10-14-24)30(22(3)28(20)37-18-23-11-7-5-8-12-23)39-27-17-25(31(33)36-4)15-16-26(27)32(34)35;1-16-17(2)23(26-15-20-12-8-5-9-13-20)21(24)18(3)22(16)25-14-19-10-6-4-7-11-19;1-14-8(11)5-2-3-7(10(12)13)6(9)4-5/h5-17H,18-19H2,1-4H3;4-13,24H,14-15H2,1-3H3;2-4H,1H3. The molecule has 408 valence electrons. The number of aromatic hydroxyl groups is 1. The van der Waals surface area contributed by atoms with Gasteiger partial charge in [-0.3, -0.25) is 20.2 Å². The highest BCUT2D eigenvalue weighted by Gasteiger charge is 2.27. The van der Waals surface area contributed by atoms with Crippen molar-refractivity contribution in [3.63, 3.8) is 0 Å². The zero-order valence-corrected chi connectivity index (χ0v) is 44.9. The molecule has 17 heteroatoms. The molecule has 8 rings (SSSR count). The third-order valence-electron chi connectivity index (χ3n) is 12.5. The number of nitro groups is 2. The van der Waals surface area contributed by atoms with E-state index >= 15 is 0 Å². The number of esters is 2. The second-order valence-corrected chi connectivity index (χ2v) is 17.8. The van der Waals surface area contributed by atoms with Gasteiger partial charge in [0, 0.05) is 40.5 Å². The van der Waals surface area contributed by atoms with Gasteiger partial charge in [0.05, 0.1) is 35.2 Å². The van der Waals surface area contributed by atoms with E-state index < -0.39 is 33.3 Å². The molecule has 0 fully saturated rings. The van der Waals surface area contributed by atoms with Crippen molar-refractivity contribution in [2.75, 3.05) is 14.2 Å². The van der Waals surface area contributed by atoms with Crippen LogP contribution in [0, 0.1) is 67.6 Å². The van der Waals surface area contributed by atoms with Gasteiger partial charge >= 0.3 is 23.3 Å². The number of ether oxygens (including phenoxy) is 7. The molecule has 0 bridgehead atoms. The molecule has 8 aromatic rings. The Morgan fingerprint density at radius 3 is 1.18 bits per heavy atom. The highest BCUT2D eigenvalue weighted by molar-refractivity contribution is 5.90. The molecule has 0 saturated heterocycles. The number of phenols is 1. The van der Waals surface area contributed by atoms with Crippen molar-refractivity contribution in [2.24, 2.45) is 0 Å². The van der Waals surface area contributed by atoms with Crippen LogP contribution in [0.25, 0.3) is 0 Å². The normalized spacial score (nSPS) is 10.4. The van der Waals surface area contributed by atoms with Crippen LogP contribution in [0.2, 0.25) is 0 Å². The van der Waals surface area contributed by atoms with Crippen LogP contribution in [-0.2, 0) is 35.9 Å². The lowest BCUT2D eigenvalue weighted by Crippen LogP contribution is -2.07. The first-order valence-corrected chi connectivity index (χ1v) is 24.6. The number of benzene rings is 8. The summed E-state index contributed by atoms with van der Waals surface area (Å²) < 4.78 is 52.7.